The highest BCUT2D eigenvalue weighted by Crippen LogP contribution is 2.23. The molecule has 1 aromatic rings. The van der Waals surface area contributed by atoms with Crippen LogP contribution in [0, 0.1) is 13.8 Å². The van der Waals surface area contributed by atoms with Crippen molar-refractivity contribution in [3.05, 3.63) is 11.4 Å². The van der Waals surface area contributed by atoms with Crippen molar-refractivity contribution >= 4 is 10.0 Å². The van der Waals surface area contributed by atoms with E-state index in [1.165, 1.54) is 0 Å². The fourth-order valence-electron chi connectivity index (χ4n) is 2.54. The molecule has 102 valence electrons. The van der Waals surface area contributed by atoms with E-state index in [4.69, 9.17) is 5.73 Å². The van der Waals surface area contributed by atoms with E-state index in [-0.39, 0.29) is 17.0 Å². The van der Waals surface area contributed by atoms with Gasteiger partial charge in [0.2, 0.25) is 10.0 Å². The van der Waals surface area contributed by atoms with E-state index in [9.17, 15) is 8.42 Å². The van der Waals surface area contributed by atoms with E-state index in [0.717, 1.165) is 19.3 Å². The number of sulfonamides is 1. The molecule has 3 N–H and O–H groups in total. The molecule has 1 aliphatic carbocycles. The third-order valence-electron chi connectivity index (χ3n) is 3.59. The van der Waals surface area contributed by atoms with Crippen molar-refractivity contribution in [2.45, 2.75) is 50.1 Å². The predicted molar refractivity (Wildman–Crippen MR) is 68.6 cm³/mol. The number of hydrogen-bond donors (Lipinski definition) is 2. The second-order valence-electron chi connectivity index (χ2n) is 4.95. The summed E-state index contributed by atoms with van der Waals surface area (Å²) in [7, 11) is -1.79. The number of nitrogens with two attached hydrogens (primary N) is 1. The fourth-order valence-corrected chi connectivity index (χ4v) is 4.30. The molecule has 0 amide bonds. The van der Waals surface area contributed by atoms with E-state index in [1.807, 2.05) is 0 Å². The molecule has 2 unspecified atom stereocenters. The summed E-state index contributed by atoms with van der Waals surface area (Å²) in [5.74, 6) is 0. The fraction of sp³-hybridized carbons (Fsp3) is 0.727. The Balaban J connectivity index is 2.31. The highest BCUT2D eigenvalue weighted by molar-refractivity contribution is 7.89. The van der Waals surface area contributed by atoms with Gasteiger partial charge in [0, 0.05) is 19.1 Å². The first-order valence-corrected chi connectivity index (χ1v) is 7.59. The molecular formula is C11H20N4O2S. The van der Waals surface area contributed by atoms with Gasteiger partial charge in [-0.1, -0.05) is 6.42 Å². The van der Waals surface area contributed by atoms with Gasteiger partial charge < -0.3 is 5.73 Å². The first-order chi connectivity index (χ1) is 8.33. The van der Waals surface area contributed by atoms with Gasteiger partial charge in [0.05, 0.1) is 11.4 Å². The minimum Gasteiger partial charge on any atom is -0.326 e. The average Bonchev–Trinajstić information content (AvgIpc) is 2.73. The van der Waals surface area contributed by atoms with Crippen LogP contribution in [0.1, 0.15) is 30.7 Å². The standard InChI is InChI=1S/C11H20N4O2S/c1-7-11(8(2)15(3)13-7)18(16,17)14-10-6-4-5-9(10)12/h9-10,14H,4-6,12H2,1-3H3. The van der Waals surface area contributed by atoms with Gasteiger partial charge in [-0.2, -0.15) is 5.10 Å². The molecule has 0 spiro atoms. The molecule has 0 saturated heterocycles. The average molecular weight is 272 g/mol. The Bertz CT molecular complexity index is 550. The molecule has 1 heterocycles. The Morgan fingerprint density at radius 2 is 2.06 bits per heavy atom. The van der Waals surface area contributed by atoms with Crippen molar-refractivity contribution in [3.8, 4) is 0 Å². The molecule has 0 aliphatic heterocycles. The maximum absolute atomic E-state index is 12.4. The molecule has 1 aromatic heterocycles. The van der Waals surface area contributed by atoms with Crippen molar-refractivity contribution in [1.82, 2.24) is 14.5 Å². The molecule has 2 rings (SSSR count). The van der Waals surface area contributed by atoms with Gasteiger partial charge in [0.15, 0.2) is 0 Å². The van der Waals surface area contributed by atoms with Crippen LogP contribution in [0.15, 0.2) is 4.90 Å². The number of nitrogens with zero attached hydrogens (tertiary/aromatic N) is 2. The lowest BCUT2D eigenvalue weighted by molar-refractivity contribution is 0.521. The number of nitrogens with one attached hydrogen (secondary N) is 1. The molecule has 0 bridgehead atoms. The molecule has 1 fully saturated rings. The lowest BCUT2D eigenvalue weighted by Crippen LogP contribution is -2.44. The second-order valence-corrected chi connectivity index (χ2v) is 6.60. The molecular weight excluding hydrogens is 252 g/mol. The summed E-state index contributed by atoms with van der Waals surface area (Å²) in [5.41, 5.74) is 7.07. The van der Waals surface area contributed by atoms with E-state index in [0.29, 0.717) is 11.4 Å². The number of rotatable bonds is 3. The normalized spacial score (nSPS) is 24.7. The van der Waals surface area contributed by atoms with Crippen LogP contribution in [0.25, 0.3) is 0 Å². The quantitative estimate of drug-likeness (QED) is 0.822. The van der Waals surface area contributed by atoms with Gasteiger partial charge in [-0.3, -0.25) is 4.68 Å². The second kappa shape index (κ2) is 4.64. The van der Waals surface area contributed by atoms with E-state index in [1.54, 1.807) is 25.6 Å². The molecule has 1 aliphatic rings. The Morgan fingerprint density at radius 3 is 2.50 bits per heavy atom. The highest BCUT2D eigenvalue weighted by atomic mass is 32.2. The number of aryl methyl sites for hydroxylation is 2. The third-order valence-corrected chi connectivity index (χ3v) is 5.33. The van der Waals surface area contributed by atoms with Crippen LogP contribution in [-0.2, 0) is 17.1 Å². The van der Waals surface area contributed by atoms with Crippen LogP contribution in [0.3, 0.4) is 0 Å². The number of aromatic nitrogens is 2. The summed E-state index contributed by atoms with van der Waals surface area (Å²) in [4.78, 5) is 0.282. The van der Waals surface area contributed by atoms with E-state index >= 15 is 0 Å². The van der Waals surface area contributed by atoms with Crippen LogP contribution < -0.4 is 10.5 Å². The van der Waals surface area contributed by atoms with Crippen LogP contribution in [-0.4, -0.2) is 30.3 Å². The molecule has 18 heavy (non-hydrogen) atoms. The Morgan fingerprint density at radius 1 is 1.39 bits per heavy atom. The largest absolute Gasteiger partial charge is 0.326 e. The summed E-state index contributed by atoms with van der Waals surface area (Å²) in [6.45, 7) is 3.46. The molecule has 0 aromatic carbocycles. The van der Waals surface area contributed by atoms with Crippen molar-refractivity contribution in [2.75, 3.05) is 0 Å². The van der Waals surface area contributed by atoms with Crippen LogP contribution in [0.5, 0.6) is 0 Å². The summed E-state index contributed by atoms with van der Waals surface area (Å²) in [5, 5.41) is 4.14. The molecule has 0 radical (unpaired) electrons. The molecule has 7 heteroatoms. The minimum atomic E-state index is -3.53. The summed E-state index contributed by atoms with van der Waals surface area (Å²) in [6.07, 6.45) is 2.65. The Kier molecular flexibility index (Phi) is 3.48. The van der Waals surface area contributed by atoms with Crippen molar-refractivity contribution in [2.24, 2.45) is 12.8 Å². The minimum absolute atomic E-state index is 0.0861. The first-order valence-electron chi connectivity index (χ1n) is 6.11. The van der Waals surface area contributed by atoms with Crippen molar-refractivity contribution < 1.29 is 8.42 Å². The van der Waals surface area contributed by atoms with Gasteiger partial charge in [0.1, 0.15) is 4.90 Å². The highest BCUT2D eigenvalue weighted by Gasteiger charge is 2.31. The summed E-state index contributed by atoms with van der Waals surface area (Å²) < 4.78 is 29.0. The van der Waals surface area contributed by atoms with Crippen LogP contribution >= 0.6 is 0 Å². The van der Waals surface area contributed by atoms with Gasteiger partial charge in [-0.25, -0.2) is 13.1 Å². The maximum atomic E-state index is 12.4. The Labute approximate surface area is 108 Å². The monoisotopic (exact) mass is 272 g/mol. The van der Waals surface area contributed by atoms with Crippen molar-refractivity contribution in [3.63, 3.8) is 0 Å². The lowest BCUT2D eigenvalue weighted by atomic mass is 10.2. The zero-order valence-corrected chi connectivity index (χ0v) is 11.8. The maximum Gasteiger partial charge on any atom is 0.244 e. The molecule has 6 nitrogen and oxygen atoms in total. The first kappa shape index (κ1) is 13.5. The Hall–Kier alpha value is -0.920. The van der Waals surface area contributed by atoms with Gasteiger partial charge in [-0.15, -0.1) is 0 Å². The topological polar surface area (TPSA) is 90.0 Å². The predicted octanol–water partition coefficient (Wildman–Crippen LogP) is 0.195. The van der Waals surface area contributed by atoms with E-state index < -0.39 is 10.0 Å². The van der Waals surface area contributed by atoms with Crippen molar-refractivity contribution in [1.29, 1.82) is 0 Å². The lowest BCUT2D eigenvalue weighted by Gasteiger charge is -2.17. The smallest absolute Gasteiger partial charge is 0.244 e. The summed E-state index contributed by atoms with van der Waals surface area (Å²) in [6, 6.07) is -0.244. The van der Waals surface area contributed by atoms with Crippen LogP contribution in [0.4, 0.5) is 0 Å². The van der Waals surface area contributed by atoms with E-state index in [2.05, 4.69) is 9.82 Å². The third kappa shape index (κ3) is 2.30. The molecule has 1 saturated carbocycles. The SMILES string of the molecule is Cc1nn(C)c(C)c1S(=O)(=O)NC1CCCC1N. The molecule has 2 atom stereocenters. The van der Waals surface area contributed by atoms with Gasteiger partial charge in [-0.05, 0) is 26.7 Å². The number of hydrogen-bond acceptors (Lipinski definition) is 4. The van der Waals surface area contributed by atoms with Gasteiger partial charge in [0.25, 0.3) is 0 Å². The van der Waals surface area contributed by atoms with Crippen LogP contribution in [0.2, 0.25) is 0 Å². The van der Waals surface area contributed by atoms with Gasteiger partial charge >= 0.3 is 0 Å². The zero-order chi connectivity index (χ0) is 13.5. The summed E-state index contributed by atoms with van der Waals surface area (Å²) >= 11 is 0. The zero-order valence-electron chi connectivity index (χ0n) is 11.0.